The second-order valence-electron chi connectivity index (χ2n) is 5.69. The minimum atomic E-state index is -4.71. The van der Waals surface area contributed by atoms with Gasteiger partial charge < -0.3 is 9.47 Å². The van der Waals surface area contributed by atoms with Crippen LogP contribution in [0.5, 0.6) is 5.75 Å². The maximum Gasteiger partial charge on any atom is 0.573 e. The molecule has 130 valence electrons. The van der Waals surface area contributed by atoms with Gasteiger partial charge in [-0.15, -0.1) is 23.4 Å². The van der Waals surface area contributed by atoms with Crippen molar-refractivity contribution in [3.05, 3.63) is 42.5 Å². The van der Waals surface area contributed by atoms with Gasteiger partial charge in [-0.05, 0) is 30.7 Å². The van der Waals surface area contributed by atoms with E-state index in [0.29, 0.717) is 30.1 Å². The van der Waals surface area contributed by atoms with Crippen molar-refractivity contribution in [2.45, 2.75) is 18.7 Å². The Hall–Kier alpha value is -2.68. The Labute approximate surface area is 140 Å². The van der Waals surface area contributed by atoms with E-state index in [0.717, 1.165) is 12.2 Å². The second kappa shape index (κ2) is 5.99. The van der Waals surface area contributed by atoms with E-state index in [9.17, 15) is 13.2 Å². The molecule has 0 aliphatic carbocycles. The van der Waals surface area contributed by atoms with E-state index in [2.05, 4.69) is 19.9 Å². The molecular formula is C16H13F3N4O2. The molecule has 0 saturated carbocycles. The quantitative estimate of drug-likeness (QED) is 0.726. The zero-order valence-corrected chi connectivity index (χ0v) is 12.9. The maximum atomic E-state index is 12.2. The number of hydrogen-bond donors (Lipinski definition) is 0. The topological polar surface area (TPSA) is 61.5 Å². The smallest absolute Gasteiger partial charge is 0.406 e. The van der Waals surface area contributed by atoms with Crippen LogP contribution < -0.4 is 4.74 Å². The molecule has 3 heterocycles. The molecule has 1 aliphatic heterocycles. The fourth-order valence-electron chi connectivity index (χ4n) is 2.81. The van der Waals surface area contributed by atoms with Crippen LogP contribution in [0.4, 0.5) is 13.2 Å². The monoisotopic (exact) mass is 350 g/mol. The third kappa shape index (κ3) is 3.27. The molecule has 1 saturated heterocycles. The van der Waals surface area contributed by atoms with Gasteiger partial charge in [0.25, 0.3) is 0 Å². The van der Waals surface area contributed by atoms with Crippen molar-refractivity contribution in [1.82, 2.24) is 19.6 Å². The normalized spacial score (nSPS) is 18.0. The molecule has 6 nitrogen and oxygen atoms in total. The SMILES string of the molecule is FC(F)(F)Oc1ccc(-c2cn3c([C@H]4CCOC4)nnc3cn2)cc1. The van der Waals surface area contributed by atoms with Crippen LogP contribution in [0, 0.1) is 0 Å². The summed E-state index contributed by atoms with van der Waals surface area (Å²) in [4.78, 5) is 4.30. The molecular weight excluding hydrogens is 337 g/mol. The predicted molar refractivity (Wildman–Crippen MR) is 81.1 cm³/mol. The highest BCUT2D eigenvalue weighted by atomic mass is 19.4. The van der Waals surface area contributed by atoms with E-state index in [-0.39, 0.29) is 11.7 Å². The number of halogens is 3. The molecule has 3 aromatic rings. The first kappa shape index (κ1) is 15.8. The number of nitrogens with zero attached hydrogens (tertiary/aromatic N) is 4. The van der Waals surface area contributed by atoms with Gasteiger partial charge in [0, 0.05) is 24.3 Å². The molecule has 0 bridgehead atoms. The Morgan fingerprint density at radius 3 is 2.64 bits per heavy atom. The van der Waals surface area contributed by atoms with Crippen molar-refractivity contribution in [3.63, 3.8) is 0 Å². The first-order chi connectivity index (χ1) is 12.0. The van der Waals surface area contributed by atoms with E-state index >= 15 is 0 Å². The molecule has 25 heavy (non-hydrogen) atoms. The Bertz CT molecular complexity index is 887. The van der Waals surface area contributed by atoms with Crippen LogP contribution in [0.1, 0.15) is 18.2 Å². The Balaban J connectivity index is 1.66. The van der Waals surface area contributed by atoms with Gasteiger partial charge in [-0.25, -0.2) is 0 Å². The largest absolute Gasteiger partial charge is 0.573 e. The molecule has 2 aromatic heterocycles. The fraction of sp³-hybridized carbons (Fsp3) is 0.312. The molecule has 1 fully saturated rings. The first-order valence-electron chi connectivity index (χ1n) is 7.64. The zero-order valence-electron chi connectivity index (χ0n) is 12.9. The van der Waals surface area contributed by atoms with Gasteiger partial charge >= 0.3 is 6.36 Å². The highest BCUT2D eigenvalue weighted by Crippen LogP contribution is 2.27. The van der Waals surface area contributed by atoms with Crippen molar-refractivity contribution in [3.8, 4) is 17.0 Å². The summed E-state index contributed by atoms with van der Waals surface area (Å²) in [5.41, 5.74) is 1.88. The van der Waals surface area contributed by atoms with Gasteiger partial charge in [0.05, 0.1) is 18.5 Å². The van der Waals surface area contributed by atoms with Crippen LogP contribution in [0.2, 0.25) is 0 Å². The van der Waals surface area contributed by atoms with Gasteiger partial charge in [0.1, 0.15) is 11.6 Å². The summed E-state index contributed by atoms with van der Waals surface area (Å²) in [6.45, 7) is 1.29. The standard InChI is InChI=1S/C16H13F3N4O2/c17-16(18,19)25-12-3-1-10(2-4-12)13-8-23-14(7-20-13)21-22-15(23)11-5-6-24-9-11/h1-4,7-8,11H,5-6,9H2/t11-/m0/s1. The lowest BCUT2D eigenvalue weighted by Crippen LogP contribution is -2.16. The molecule has 0 N–H and O–H groups in total. The lowest BCUT2D eigenvalue weighted by atomic mass is 10.1. The van der Waals surface area contributed by atoms with Crippen LogP contribution in [-0.2, 0) is 4.74 Å². The number of alkyl halides is 3. The molecule has 9 heteroatoms. The fourth-order valence-corrected chi connectivity index (χ4v) is 2.81. The van der Waals surface area contributed by atoms with Gasteiger partial charge in [0.2, 0.25) is 0 Å². The summed E-state index contributed by atoms with van der Waals surface area (Å²) in [6, 6.07) is 5.56. The summed E-state index contributed by atoms with van der Waals surface area (Å²) in [7, 11) is 0. The Kier molecular flexibility index (Phi) is 3.79. The number of aromatic nitrogens is 4. The van der Waals surface area contributed by atoms with Crippen molar-refractivity contribution in [2.24, 2.45) is 0 Å². The number of hydrogen-bond acceptors (Lipinski definition) is 5. The van der Waals surface area contributed by atoms with Gasteiger partial charge in [-0.1, -0.05) is 0 Å². The van der Waals surface area contributed by atoms with Crippen LogP contribution >= 0.6 is 0 Å². The lowest BCUT2D eigenvalue weighted by Gasteiger charge is -2.10. The van der Waals surface area contributed by atoms with Crippen molar-refractivity contribution >= 4 is 5.65 Å². The summed E-state index contributed by atoms with van der Waals surface area (Å²) in [6.07, 6.45) is -0.467. The van der Waals surface area contributed by atoms with Gasteiger partial charge in [-0.3, -0.25) is 9.38 Å². The van der Waals surface area contributed by atoms with E-state index in [4.69, 9.17) is 4.74 Å². The molecule has 0 amide bonds. The number of fused-ring (bicyclic) bond motifs is 1. The number of benzene rings is 1. The number of ether oxygens (including phenoxy) is 2. The summed E-state index contributed by atoms with van der Waals surface area (Å²) in [5, 5.41) is 8.32. The molecule has 1 aliphatic rings. The first-order valence-corrected chi connectivity index (χ1v) is 7.64. The minimum Gasteiger partial charge on any atom is -0.406 e. The Morgan fingerprint density at radius 1 is 1.16 bits per heavy atom. The molecule has 0 unspecified atom stereocenters. The van der Waals surface area contributed by atoms with E-state index in [1.807, 2.05) is 4.40 Å². The van der Waals surface area contributed by atoms with Gasteiger partial charge in [-0.2, -0.15) is 0 Å². The van der Waals surface area contributed by atoms with Crippen LogP contribution in [0.25, 0.3) is 16.9 Å². The highest BCUT2D eigenvalue weighted by molar-refractivity contribution is 5.60. The van der Waals surface area contributed by atoms with Crippen molar-refractivity contribution < 1.29 is 22.6 Å². The number of rotatable bonds is 3. The van der Waals surface area contributed by atoms with Crippen molar-refractivity contribution in [2.75, 3.05) is 13.2 Å². The molecule has 1 aromatic carbocycles. The van der Waals surface area contributed by atoms with Crippen LogP contribution in [0.3, 0.4) is 0 Å². The van der Waals surface area contributed by atoms with E-state index in [1.165, 1.54) is 24.3 Å². The molecule has 1 atom stereocenters. The second-order valence-corrected chi connectivity index (χ2v) is 5.69. The molecule has 4 rings (SSSR count). The highest BCUT2D eigenvalue weighted by Gasteiger charge is 2.31. The third-order valence-corrected chi connectivity index (χ3v) is 4.00. The van der Waals surface area contributed by atoms with Crippen LogP contribution in [0.15, 0.2) is 36.7 Å². The predicted octanol–water partition coefficient (Wildman–Crippen LogP) is 3.19. The maximum absolute atomic E-state index is 12.2. The minimum absolute atomic E-state index is 0.174. The lowest BCUT2D eigenvalue weighted by molar-refractivity contribution is -0.274. The van der Waals surface area contributed by atoms with Crippen LogP contribution in [-0.4, -0.2) is 39.2 Å². The van der Waals surface area contributed by atoms with Gasteiger partial charge in [0.15, 0.2) is 5.65 Å². The van der Waals surface area contributed by atoms with E-state index in [1.54, 1.807) is 12.4 Å². The summed E-state index contributed by atoms with van der Waals surface area (Å²) in [5.74, 6) is 0.700. The van der Waals surface area contributed by atoms with Crippen molar-refractivity contribution in [1.29, 1.82) is 0 Å². The zero-order chi connectivity index (χ0) is 17.4. The summed E-state index contributed by atoms with van der Waals surface area (Å²) < 4.78 is 47.8. The summed E-state index contributed by atoms with van der Waals surface area (Å²) >= 11 is 0. The molecule has 0 radical (unpaired) electrons. The average molecular weight is 350 g/mol. The third-order valence-electron chi connectivity index (χ3n) is 4.00. The van der Waals surface area contributed by atoms with E-state index < -0.39 is 6.36 Å². The Morgan fingerprint density at radius 2 is 1.96 bits per heavy atom. The molecule has 0 spiro atoms. The average Bonchev–Trinajstić information content (AvgIpc) is 3.22.